The Morgan fingerprint density at radius 2 is 2.00 bits per heavy atom. The summed E-state index contributed by atoms with van der Waals surface area (Å²) in [7, 11) is 0. The average Bonchev–Trinajstić information content (AvgIpc) is 2.61. The molecule has 0 aliphatic rings. The van der Waals surface area contributed by atoms with E-state index in [0.29, 0.717) is 11.7 Å². The predicted octanol–water partition coefficient (Wildman–Crippen LogP) is 2.58. The van der Waals surface area contributed by atoms with Gasteiger partial charge in [-0.25, -0.2) is 4.68 Å². The van der Waals surface area contributed by atoms with Crippen LogP contribution in [0.3, 0.4) is 0 Å². The molecular weight excluding hydrogens is 315 g/mol. The number of rotatable bonds is 2. The van der Waals surface area contributed by atoms with E-state index < -0.39 is 0 Å². The van der Waals surface area contributed by atoms with Crippen molar-refractivity contribution in [2.75, 3.05) is 5.73 Å². The first-order chi connectivity index (χ1) is 7.61. The number of nitrogens with two attached hydrogens (primary N) is 1. The molecule has 2 N–H and O–H groups in total. The van der Waals surface area contributed by atoms with Crippen LogP contribution < -0.4 is 5.73 Å². The lowest BCUT2D eigenvalue weighted by atomic mass is 10.1. The fourth-order valence-corrected chi connectivity index (χ4v) is 2.26. The molecule has 1 heterocycles. The smallest absolute Gasteiger partial charge is 0.169 e. The highest BCUT2D eigenvalue weighted by Gasteiger charge is 2.16. The first kappa shape index (κ1) is 11.4. The predicted molar refractivity (Wildman–Crippen MR) is 72.6 cm³/mol. The van der Waals surface area contributed by atoms with Crippen molar-refractivity contribution in [3.8, 4) is 5.69 Å². The summed E-state index contributed by atoms with van der Waals surface area (Å²) in [5, 5.41) is 8.05. The summed E-state index contributed by atoms with van der Waals surface area (Å²) in [6, 6.07) is 8.04. The third-order valence-corrected chi connectivity index (χ3v) is 3.27. The fourth-order valence-electron chi connectivity index (χ4n) is 1.64. The van der Waals surface area contributed by atoms with E-state index in [1.54, 1.807) is 0 Å². The lowest BCUT2D eigenvalue weighted by molar-refractivity contribution is 0.714. The van der Waals surface area contributed by atoms with Gasteiger partial charge in [0.1, 0.15) is 0 Å². The van der Waals surface area contributed by atoms with E-state index >= 15 is 0 Å². The lowest BCUT2D eigenvalue weighted by Gasteiger charge is -2.10. The zero-order valence-electron chi connectivity index (χ0n) is 9.18. The molecule has 16 heavy (non-hydrogen) atoms. The van der Waals surface area contributed by atoms with Crippen LogP contribution in [0.5, 0.6) is 0 Å². The van der Waals surface area contributed by atoms with Gasteiger partial charge < -0.3 is 5.73 Å². The van der Waals surface area contributed by atoms with Gasteiger partial charge in [-0.1, -0.05) is 31.2 Å². The number of benzene rings is 1. The largest absolute Gasteiger partial charge is 0.381 e. The number of hydrogen-bond acceptors (Lipinski definition) is 3. The van der Waals surface area contributed by atoms with E-state index in [4.69, 9.17) is 5.73 Å². The van der Waals surface area contributed by atoms with E-state index in [9.17, 15) is 0 Å². The monoisotopic (exact) mass is 328 g/mol. The minimum absolute atomic E-state index is 0.297. The fraction of sp³-hybridized carbons (Fsp3) is 0.273. The highest BCUT2D eigenvalue weighted by Crippen LogP contribution is 2.24. The molecule has 1 aromatic heterocycles. The first-order valence-electron chi connectivity index (χ1n) is 5.07. The number of hydrogen-bond donors (Lipinski definition) is 1. The molecule has 0 fully saturated rings. The van der Waals surface area contributed by atoms with Crippen molar-refractivity contribution >= 4 is 28.4 Å². The molecule has 0 saturated carbocycles. The first-order valence-corrected chi connectivity index (χ1v) is 6.15. The summed E-state index contributed by atoms with van der Waals surface area (Å²) in [4.78, 5) is 0. The Hall–Kier alpha value is -1.11. The van der Waals surface area contributed by atoms with Gasteiger partial charge in [-0.15, -0.1) is 5.10 Å². The van der Waals surface area contributed by atoms with Gasteiger partial charge >= 0.3 is 0 Å². The van der Waals surface area contributed by atoms with Crippen LogP contribution in [0.2, 0.25) is 0 Å². The molecule has 5 heteroatoms. The van der Waals surface area contributed by atoms with Crippen molar-refractivity contribution in [2.45, 2.75) is 19.8 Å². The van der Waals surface area contributed by atoms with Crippen LogP contribution in [0.4, 0.5) is 5.82 Å². The number of halogens is 1. The third kappa shape index (κ3) is 1.91. The highest BCUT2D eigenvalue weighted by atomic mass is 127. The zero-order valence-corrected chi connectivity index (χ0v) is 11.3. The lowest BCUT2D eigenvalue weighted by Crippen LogP contribution is -2.06. The maximum Gasteiger partial charge on any atom is 0.169 e. The molecule has 0 bridgehead atoms. The Morgan fingerprint density at radius 3 is 2.62 bits per heavy atom. The second-order valence-corrected chi connectivity index (χ2v) is 5.04. The SMILES string of the molecule is CC(C)c1c(N)nnn1-c1ccccc1I. The summed E-state index contributed by atoms with van der Waals surface area (Å²) in [6.07, 6.45) is 0. The van der Waals surface area contributed by atoms with Crippen molar-refractivity contribution in [2.24, 2.45) is 0 Å². The van der Waals surface area contributed by atoms with Crippen LogP contribution in [0, 0.1) is 3.57 Å². The summed E-state index contributed by atoms with van der Waals surface area (Å²) in [6.45, 7) is 4.17. The van der Waals surface area contributed by atoms with Crippen LogP contribution in [-0.4, -0.2) is 15.0 Å². The van der Waals surface area contributed by atoms with E-state index in [1.807, 2.05) is 28.9 Å². The molecule has 0 spiro atoms. The molecule has 0 aliphatic heterocycles. The molecule has 2 rings (SSSR count). The Morgan fingerprint density at radius 1 is 1.31 bits per heavy atom. The van der Waals surface area contributed by atoms with Crippen molar-refractivity contribution < 1.29 is 0 Å². The number of nitrogen functional groups attached to an aromatic ring is 1. The van der Waals surface area contributed by atoms with Crippen LogP contribution in [0.25, 0.3) is 5.69 Å². The minimum Gasteiger partial charge on any atom is -0.381 e. The van der Waals surface area contributed by atoms with Crippen LogP contribution in [-0.2, 0) is 0 Å². The molecular formula is C11H13IN4. The molecule has 0 unspecified atom stereocenters. The number of para-hydroxylation sites is 1. The number of anilines is 1. The second-order valence-electron chi connectivity index (χ2n) is 3.88. The van der Waals surface area contributed by atoms with Gasteiger partial charge in [0.25, 0.3) is 0 Å². The molecule has 0 aliphatic carbocycles. The Labute approximate surface area is 108 Å². The molecule has 84 valence electrons. The Bertz CT molecular complexity index is 504. The summed E-state index contributed by atoms with van der Waals surface area (Å²) in [5.74, 6) is 0.806. The molecule has 0 amide bonds. The van der Waals surface area contributed by atoms with Gasteiger partial charge in [-0.05, 0) is 40.6 Å². The van der Waals surface area contributed by atoms with Gasteiger partial charge in [0, 0.05) is 3.57 Å². The molecule has 2 aromatic rings. The van der Waals surface area contributed by atoms with Crippen LogP contribution in [0.15, 0.2) is 24.3 Å². The van der Waals surface area contributed by atoms with E-state index in [2.05, 4.69) is 46.8 Å². The normalized spacial score (nSPS) is 11.0. The van der Waals surface area contributed by atoms with Crippen molar-refractivity contribution in [1.82, 2.24) is 15.0 Å². The maximum atomic E-state index is 5.83. The highest BCUT2D eigenvalue weighted by molar-refractivity contribution is 14.1. The average molecular weight is 328 g/mol. The van der Waals surface area contributed by atoms with Gasteiger partial charge in [0.05, 0.1) is 11.4 Å². The summed E-state index contributed by atoms with van der Waals surface area (Å²) in [5.41, 5.74) is 7.82. The summed E-state index contributed by atoms with van der Waals surface area (Å²) < 4.78 is 2.95. The minimum atomic E-state index is 0.297. The third-order valence-electron chi connectivity index (χ3n) is 2.36. The topological polar surface area (TPSA) is 56.7 Å². The van der Waals surface area contributed by atoms with Gasteiger partial charge in [-0.3, -0.25) is 0 Å². The van der Waals surface area contributed by atoms with Gasteiger partial charge in [0.15, 0.2) is 5.82 Å². The number of nitrogens with zero attached hydrogens (tertiary/aromatic N) is 3. The second kappa shape index (κ2) is 4.40. The Kier molecular flexibility index (Phi) is 3.13. The van der Waals surface area contributed by atoms with E-state index in [-0.39, 0.29) is 0 Å². The zero-order chi connectivity index (χ0) is 11.7. The molecule has 0 radical (unpaired) electrons. The maximum absolute atomic E-state index is 5.83. The van der Waals surface area contributed by atoms with Crippen LogP contribution in [0.1, 0.15) is 25.5 Å². The molecule has 1 aromatic carbocycles. The standard InChI is InChI=1S/C11H13IN4/c1-7(2)10-11(13)14-15-16(10)9-6-4-3-5-8(9)12/h3-7H,13H2,1-2H3. The number of aromatic nitrogens is 3. The van der Waals surface area contributed by atoms with Crippen molar-refractivity contribution in [1.29, 1.82) is 0 Å². The van der Waals surface area contributed by atoms with Crippen molar-refractivity contribution in [3.63, 3.8) is 0 Å². The summed E-state index contributed by atoms with van der Waals surface area (Å²) >= 11 is 2.28. The van der Waals surface area contributed by atoms with Crippen molar-refractivity contribution in [3.05, 3.63) is 33.5 Å². The molecule has 0 atom stereocenters. The quantitative estimate of drug-likeness (QED) is 0.862. The Balaban J connectivity index is 2.61. The van der Waals surface area contributed by atoms with E-state index in [1.165, 1.54) is 0 Å². The van der Waals surface area contributed by atoms with Gasteiger partial charge in [0.2, 0.25) is 0 Å². The molecule has 4 nitrogen and oxygen atoms in total. The van der Waals surface area contributed by atoms with Crippen LogP contribution >= 0.6 is 22.6 Å². The molecule has 0 saturated heterocycles. The van der Waals surface area contributed by atoms with Gasteiger partial charge in [-0.2, -0.15) is 0 Å². The van der Waals surface area contributed by atoms with E-state index in [0.717, 1.165) is 15.0 Å².